The van der Waals surface area contributed by atoms with Crippen LogP contribution in [-0.4, -0.2) is 70.1 Å². The zero-order valence-electron chi connectivity index (χ0n) is 26.4. The largest absolute Gasteiger partial charge is 0.481 e. The van der Waals surface area contributed by atoms with Gasteiger partial charge >= 0.3 is 12.1 Å². The predicted octanol–water partition coefficient (Wildman–Crippen LogP) is 3.44. The standard InChI is InChI=1S/C36H38N4O8/c1-36(22-48-36)32(43)29(18-23-10-4-2-5-11-23)38-34(45)30(19-25-20-37-27-15-9-8-14-26(25)27)39-33(44)28(16-17-31(41)42)40-35(46)47-21-24-12-6-3-7-13-24/h2-15,20,28-30,37H,16-19,21-22H2,1H3,(H,38,45)(H,39,44)(H,40,46)(H,41,42)/t28-,29-,30-,36?/m0/s1. The number of ketones is 1. The van der Waals surface area contributed by atoms with Crippen LogP contribution in [0.1, 0.15) is 36.5 Å². The van der Waals surface area contributed by atoms with E-state index in [2.05, 4.69) is 20.9 Å². The number of aromatic amines is 1. The Hall–Kier alpha value is -5.49. The second-order valence-corrected chi connectivity index (χ2v) is 12.0. The lowest BCUT2D eigenvalue weighted by molar-refractivity contribution is -0.137. The van der Waals surface area contributed by atoms with Crippen molar-refractivity contribution >= 4 is 40.6 Å². The molecule has 0 aliphatic carbocycles. The summed E-state index contributed by atoms with van der Waals surface area (Å²) in [4.78, 5) is 68.5. The number of hydrogen-bond acceptors (Lipinski definition) is 7. The summed E-state index contributed by atoms with van der Waals surface area (Å²) in [7, 11) is 0. The fourth-order valence-electron chi connectivity index (χ4n) is 5.40. The van der Waals surface area contributed by atoms with Crippen LogP contribution >= 0.6 is 0 Å². The number of fused-ring (bicyclic) bond motifs is 1. The van der Waals surface area contributed by atoms with Crippen molar-refractivity contribution in [2.24, 2.45) is 0 Å². The number of ether oxygens (including phenoxy) is 2. The molecule has 0 saturated carbocycles. The van der Waals surface area contributed by atoms with E-state index in [1.165, 1.54) is 0 Å². The summed E-state index contributed by atoms with van der Waals surface area (Å²) in [6.07, 6.45) is 0.369. The van der Waals surface area contributed by atoms with E-state index in [9.17, 15) is 29.1 Å². The third-order valence-corrected chi connectivity index (χ3v) is 8.21. The minimum atomic E-state index is -1.33. The molecular formula is C36H38N4O8. The van der Waals surface area contributed by atoms with E-state index in [0.29, 0.717) is 0 Å². The van der Waals surface area contributed by atoms with Crippen molar-refractivity contribution in [1.29, 1.82) is 0 Å². The van der Waals surface area contributed by atoms with Gasteiger partial charge in [-0.1, -0.05) is 78.9 Å². The van der Waals surface area contributed by atoms with E-state index in [0.717, 1.165) is 27.6 Å². The molecule has 12 heteroatoms. The van der Waals surface area contributed by atoms with Crippen molar-refractivity contribution in [2.75, 3.05) is 6.61 Å². The minimum absolute atomic E-state index is 0.0334. The van der Waals surface area contributed by atoms with Crippen LogP contribution in [0.2, 0.25) is 0 Å². The molecule has 1 aromatic heterocycles. The quantitative estimate of drug-likeness (QED) is 0.114. The summed E-state index contributed by atoms with van der Waals surface area (Å²) in [6.45, 7) is 1.84. The molecule has 5 N–H and O–H groups in total. The first-order valence-corrected chi connectivity index (χ1v) is 15.7. The highest BCUT2D eigenvalue weighted by molar-refractivity contribution is 5.99. The van der Waals surface area contributed by atoms with Gasteiger partial charge in [-0.15, -0.1) is 0 Å². The molecule has 1 unspecified atom stereocenters. The fourth-order valence-corrected chi connectivity index (χ4v) is 5.40. The zero-order valence-corrected chi connectivity index (χ0v) is 26.4. The van der Waals surface area contributed by atoms with Crippen molar-refractivity contribution in [3.8, 4) is 0 Å². The van der Waals surface area contributed by atoms with Crippen molar-refractivity contribution in [2.45, 2.75) is 62.9 Å². The minimum Gasteiger partial charge on any atom is -0.481 e. The Morgan fingerprint density at radius 2 is 1.42 bits per heavy atom. The molecule has 3 amide bonds. The lowest BCUT2D eigenvalue weighted by Crippen LogP contribution is -2.57. The Kier molecular flexibility index (Phi) is 10.9. The van der Waals surface area contributed by atoms with Gasteiger partial charge in [-0.2, -0.15) is 0 Å². The van der Waals surface area contributed by atoms with E-state index in [1.54, 1.807) is 37.4 Å². The highest BCUT2D eigenvalue weighted by Crippen LogP contribution is 2.29. The second kappa shape index (κ2) is 15.4. The van der Waals surface area contributed by atoms with Crippen LogP contribution in [0.15, 0.2) is 91.1 Å². The van der Waals surface area contributed by atoms with E-state index in [4.69, 9.17) is 9.47 Å². The van der Waals surface area contributed by atoms with Gasteiger partial charge in [0.25, 0.3) is 0 Å². The molecule has 2 heterocycles. The van der Waals surface area contributed by atoms with Gasteiger partial charge in [0.05, 0.1) is 12.6 Å². The van der Waals surface area contributed by atoms with E-state index >= 15 is 0 Å². The first kappa shape index (κ1) is 33.9. The molecule has 48 heavy (non-hydrogen) atoms. The number of nitrogens with one attached hydrogen (secondary N) is 4. The summed E-state index contributed by atoms with van der Waals surface area (Å²) in [5.41, 5.74) is 2.08. The lowest BCUT2D eigenvalue weighted by Gasteiger charge is -2.26. The smallest absolute Gasteiger partial charge is 0.408 e. The summed E-state index contributed by atoms with van der Waals surface area (Å²) in [5.74, 6) is -2.87. The first-order valence-electron chi connectivity index (χ1n) is 15.7. The van der Waals surface area contributed by atoms with Gasteiger partial charge < -0.3 is 35.5 Å². The number of benzene rings is 3. The molecule has 4 atom stereocenters. The number of carboxylic acid groups (broad SMARTS) is 1. The Labute approximate surface area is 277 Å². The van der Waals surface area contributed by atoms with Crippen LogP contribution in [0.4, 0.5) is 4.79 Å². The number of aliphatic carboxylic acids is 1. The molecule has 0 spiro atoms. The highest BCUT2D eigenvalue weighted by atomic mass is 16.6. The fraction of sp³-hybridized carbons (Fsp3) is 0.306. The Bertz CT molecular complexity index is 1750. The van der Waals surface area contributed by atoms with Crippen molar-refractivity contribution in [1.82, 2.24) is 20.9 Å². The molecule has 1 fully saturated rings. The second-order valence-electron chi connectivity index (χ2n) is 12.0. The number of carbonyl (C=O) groups is 5. The number of amides is 3. The SMILES string of the molecule is CC1(C(=O)[C@H](Cc2ccccc2)NC(=O)[C@H](Cc2c[nH]c3ccccc23)NC(=O)[C@H](CCC(=O)O)NC(=O)OCc2ccccc2)CO1. The normalized spacial score (nSPS) is 17.0. The van der Waals surface area contributed by atoms with Crippen LogP contribution in [0.3, 0.4) is 0 Å². The molecule has 0 bridgehead atoms. The monoisotopic (exact) mass is 654 g/mol. The van der Waals surface area contributed by atoms with Gasteiger partial charge in [-0.3, -0.25) is 19.2 Å². The Balaban J connectivity index is 1.36. The molecule has 3 aromatic carbocycles. The van der Waals surface area contributed by atoms with Crippen LogP contribution in [0.25, 0.3) is 10.9 Å². The number of carbonyl (C=O) groups excluding carboxylic acids is 4. The zero-order chi connectivity index (χ0) is 34.1. The van der Waals surface area contributed by atoms with Crippen LogP contribution in [0.5, 0.6) is 0 Å². The highest BCUT2D eigenvalue weighted by Gasteiger charge is 2.50. The van der Waals surface area contributed by atoms with Gasteiger partial charge in [0.15, 0.2) is 5.78 Å². The van der Waals surface area contributed by atoms with Gasteiger partial charge in [-0.25, -0.2) is 4.79 Å². The number of H-pyrrole nitrogens is 1. The predicted molar refractivity (Wildman–Crippen MR) is 176 cm³/mol. The first-order chi connectivity index (χ1) is 23.1. The Morgan fingerprint density at radius 3 is 2.08 bits per heavy atom. The average Bonchev–Trinajstić information content (AvgIpc) is 3.72. The number of carboxylic acids is 1. The third kappa shape index (κ3) is 9.07. The molecule has 5 rings (SSSR count). The number of hydrogen-bond donors (Lipinski definition) is 5. The maximum atomic E-state index is 14.0. The van der Waals surface area contributed by atoms with Crippen LogP contribution in [-0.2, 0) is 48.1 Å². The molecule has 1 aliphatic rings. The molecule has 12 nitrogen and oxygen atoms in total. The summed E-state index contributed by atoms with van der Waals surface area (Å²) >= 11 is 0. The third-order valence-electron chi connectivity index (χ3n) is 8.21. The molecule has 4 aromatic rings. The summed E-state index contributed by atoms with van der Waals surface area (Å²) in [5, 5.41) is 18.2. The number of para-hydroxylation sites is 1. The lowest BCUT2D eigenvalue weighted by atomic mass is 9.94. The maximum Gasteiger partial charge on any atom is 0.408 e. The number of Topliss-reactive ketones (excluding diaryl/α,β-unsaturated/α-hetero) is 1. The Morgan fingerprint density at radius 1 is 0.812 bits per heavy atom. The van der Waals surface area contributed by atoms with E-state index < -0.39 is 54.0 Å². The van der Waals surface area contributed by atoms with E-state index in [-0.39, 0.29) is 38.3 Å². The van der Waals surface area contributed by atoms with Crippen LogP contribution in [0, 0.1) is 0 Å². The molecule has 0 radical (unpaired) electrons. The summed E-state index contributed by atoms with van der Waals surface area (Å²) in [6, 6.07) is 22.1. The van der Waals surface area contributed by atoms with Gasteiger partial charge in [0, 0.05) is 29.9 Å². The molecular weight excluding hydrogens is 616 g/mol. The van der Waals surface area contributed by atoms with Crippen LogP contribution < -0.4 is 16.0 Å². The van der Waals surface area contributed by atoms with Crippen molar-refractivity contribution in [3.63, 3.8) is 0 Å². The van der Waals surface area contributed by atoms with Gasteiger partial charge in [0.1, 0.15) is 24.3 Å². The maximum absolute atomic E-state index is 14.0. The summed E-state index contributed by atoms with van der Waals surface area (Å²) < 4.78 is 10.7. The average molecular weight is 655 g/mol. The van der Waals surface area contributed by atoms with Gasteiger partial charge in [-0.05, 0) is 42.5 Å². The molecule has 250 valence electrons. The topological polar surface area (TPSA) is 179 Å². The number of alkyl carbamates (subject to hydrolysis) is 1. The van der Waals surface area contributed by atoms with E-state index in [1.807, 2.05) is 60.7 Å². The van der Waals surface area contributed by atoms with Crippen molar-refractivity contribution < 1.29 is 38.6 Å². The molecule has 1 aliphatic heterocycles. The molecule has 1 saturated heterocycles. The number of rotatable bonds is 16. The van der Waals surface area contributed by atoms with Gasteiger partial charge in [0.2, 0.25) is 11.8 Å². The van der Waals surface area contributed by atoms with Crippen molar-refractivity contribution in [3.05, 3.63) is 108 Å². The number of aromatic nitrogens is 1. The number of epoxide rings is 1.